The topological polar surface area (TPSA) is 36.9 Å². The van der Waals surface area contributed by atoms with Gasteiger partial charge in [-0.3, -0.25) is 0 Å². The predicted octanol–water partition coefficient (Wildman–Crippen LogP) is 5.54. The lowest BCUT2D eigenvalue weighted by Crippen LogP contribution is -2.02. The Bertz CT molecular complexity index is 919. The molecule has 3 aromatic rings. The van der Waals surface area contributed by atoms with Gasteiger partial charge in [0.15, 0.2) is 11.5 Å². The Labute approximate surface area is 165 Å². The third-order valence-corrected chi connectivity index (χ3v) is 4.90. The minimum Gasteiger partial charge on any atom is -0.493 e. The van der Waals surface area contributed by atoms with Crippen molar-refractivity contribution in [1.82, 2.24) is 0 Å². The van der Waals surface area contributed by atoms with Crippen molar-refractivity contribution in [3.63, 3.8) is 0 Å². The summed E-state index contributed by atoms with van der Waals surface area (Å²) >= 11 is 0. The summed E-state index contributed by atoms with van der Waals surface area (Å²) in [6.45, 7) is 5.57. The van der Waals surface area contributed by atoms with Crippen LogP contribution in [0.3, 0.4) is 0 Å². The van der Waals surface area contributed by atoms with Crippen molar-refractivity contribution in [3.8, 4) is 23.0 Å². The van der Waals surface area contributed by atoms with E-state index < -0.39 is 0 Å². The Balaban J connectivity index is 1.51. The fourth-order valence-electron chi connectivity index (χ4n) is 3.33. The van der Waals surface area contributed by atoms with Crippen molar-refractivity contribution in [3.05, 3.63) is 83.4 Å². The average molecular weight is 376 g/mol. The zero-order valence-electron chi connectivity index (χ0n) is 16.2. The molecule has 3 aromatic carbocycles. The van der Waals surface area contributed by atoms with E-state index in [1.807, 2.05) is 49.4 Å². The van der Waals surface area contributed by atoms with Gasteiger partial charge in [-0.25, -0.2) is 0 Å². The van der Waals surface area contributed by atoms with Crippen LogP contribution in [-0.4, -0.2) is 13.4 Å². The molecule has 0 amide bonds. The zero-order valence-corrected chi connectivity index (χ0v) is 16.2. The first kappa shape index (κ1) is 18.2. The second-order valence-corrected chi connectivity index (χ2v) is 6.74. The summed E-state index contributed by atoms with van der Waals surface area (Å²) in [6, 6.07) is 22.4. The molecule has 4 nitrogen and oxygen atoms in total. The van der Waals surface area contributed by atoms with E-state index in [2.05, 4.69) is 31.2 Å². The van der Waals surface area contributed by atoms with Crippen LogP contribution < -0.4 is 18.9 Å². The fourth-order valence-corrected chi connectivity index (χ4v) is 3.33. The van der Waals surface area contributed by atoms with Crippen molar-refractivity contribution in [2.45, 2.75) is 26.4 Å². The van der Waals surface area contributed by atoms with Crippen molar-refractivity contribution >= 4 is 0 Å². The largest absolute Gasteiger partial charge is 0.493 e. The molecule has 0 saturated heterocycles. The van der Waals surface area contributed by atoms with Gasteiger partial charge in [0.2, 0.25) is 6.79 Å². The van der Waals surface area contributed by atoms with Gasteiger partial charge in [-0.05, 0) is 36.2 Å². The number of ether oxygens (including phenoxy) is 4. The Hall–Kier alpha value is -3.14. The van der Waals surface area contributed by atoms with Gasteiger partial charge < -0.3 is 18.9 Å². The van der Waals surface area contributed by atoms with E-state index in [4.69, 9.17) is 18.9 Å². The van der Waals surface area contributed by atoms with Gasteiger partial charge in [0.25, 0.3) is 0 Å². The third-order valence-electron chi connectivity index (χ3n) is 4.90. The molecule has 0 fully saturated rings. The summed E-state index contributed by atoms with van der Waals surface area (Å²) in [6.07, 6.45) is 0. The van der Waals surface area contributed by atoms with Gasteiger partial charge >= 0.3 is 0 Å². The Kier molecular flexibility index (Phi) is 5.38. The molecule has 0 N–H and O–H groups in total. The Morgan fingerprint density at radius 3 is 2.32 bits per heavy atom. The standard InChI is InChI=1S/C24H24O4/c1-3-25-22-14-24-23(27-16-28-24)13-21(22)17(2)19-9-11-20(12-10-19)26-15-18-7-5-4-6-8-18/h4-14,17H,3,15-16H2,1-2H3/t17-/m0/s1. The smallest absolute Gasteiger partial charge is 0.231 e. The lowest BCUT2D eigenvalue weighted by atomic mass is 9.92. The van der Waals surface area contributed by atoms with Crippen LogP contribution in [0.15, 0.2) is 66.7 Å². The molecule has 4 heteroatoms. The average Bonchev–Trinajstić information content (AvgIpc) is 3.20. The molecule has 0 unspecified atom stereocenters. The van der Waals surface area contributed by atoms with Gasteiger partial charge in [-0.2, -0.15) is 0 Å². The molecule has 1 atom stereocenters. The molecule has 1 aliphatic heterocycles. The maximum absolute atomic E-state index is 5.89. The maximum Gasteiger partial charge on any atom is 0.231 e. The van der Waals surface area contributed by atoms with E-state index in [1.54, 1.807) is 0 Å². The molecule has 0 spiro atoms. The number of fused-ring (bicyclic) bond motifs is 1. The number of rotatable bonds is 7. The highest BCUT2D eigenvalue weighted by Gasteiger charge is 2.22. The van der Waals surface area contributed by atoms with Crippen LogP contribution in [0.5, 0.6) is 23.0 Å². The highest BCUT2D eigenvalue weighted by Crippen LogP contribution is 2.42. The normalized spacial score (nSPS) is 13.2. The molecular weight excluding hydrogens is 352 g/mol. The van der Waals surface area contributed by atoms with Crippen molar-refractivity contribution in [2.24, 2.45) is 0 Å². The number of hydrogen-bond donors (Lipinski definition) is 0. The summed E-state index contributed by atoms with van der Waals surface area (Å²) < 4.78 is 22.8. The second-order valence-electron chi connectivity index (χ2n) is 6.74. The minimum atomic E-state index is 0.152. The molecule has 0 radical (unpaired) electrons. The summed E-state index contributed by atoms with van der Waals surface area (Å²) in [5.41, 5.74) is 3.43. The molecule has 1 heterocycles. The summed E-state index contributed by atoms with van der Waals surface area (Å²) in [7, 11) is 0. The van der Waals surface area contributed by atoms with Gasteiger partial charge in [-0.1, -0.05) is 49.4 Å². The van der Waals surface area contributed by atoms with Crippen LogP contribution in [0, 0.1) is 0 Å². The predicted molar refractivity (Wildman–Crippen MR) is 108 cm³/mol. The maximum atomic E-state index is 5.89. The number of benzene rings is 3. The Morgan fingerprint density at radius 1 is 0.893 bits per heavy atom. The van der Waals surface area contributed by atoms with E-state index in [0.717, 1.165) is 34.1 Å². The van der Waals surface area contributed by atoms with Gasteiger partial charge in [0.1, 0.15) is 18.1 Å². The Morgan fingerprint density at radius 2 is 1.61 bits per heavy atom. The van der Waals surface area contributed by atoms with Crippen LogP contribution in [0.4, 0.5) is 0 Å². The van der Waals surface area contributed by atoms with Crippen LogP contribution in [0.1, 0.15) is 36.5 Å². The first-order chi connectivity index (χ1) is 13.7. The van der Waals surface area contributed by atoms with Crippen LogP contribution in [0.2, 0.25) is 0 Å². The quantitative estimate of drug-likeness (QED) is 0.542. The minimum absolute atomic E-state index is 0.152. The van der Waals surface area contributed by atoms with E-state index >= 15 is 0 Å². The van der Waals surface area contributed by atoms with Crippen LogP contribution in [0.25, 0.3) is 0 Å². The molecule has 0 bridgehead atoms. The van der Waals surface area contributed by atoms with Gasteiger partial charge in [0.05, 0.1) is 6.61 Å². The van der Waals surface area contributed by atoms with Crippen molar-refractivity contribution in [2.75, 3.05) is 13.4 Å². The zero-order chi connectivity index (χ0) is 19.3. The summed E-state index contributed by atoms with van der Waals surface area (Å²) in [5.74, 6) is 3.36. The molecule has 0 aromatic heterocycles. The number of hydrogen-bond acceptors (Lipinski definition) is 4. The van der Waals surface area contributed by atoms with Crippen molar-refractivity contribution < 1.29 is 18.9 Å². The molecule has 0 aliphatic carbocycles. The summed E-state index contributed by atoms with van der Waals surface area (Å²) in [5, 5.41) is 0. The van der Waals surface area contributed by atoms with E-state index in [0.29, 0.717) is 13.2 Å². The lowest BCUT2D eigenvalue weighted by molar-refractivity contribution is 0.173. The molecule has 0 saturated carbocycles. The lowest BCUT2D eigenvalue weighted by Gasteiger charge is -2.18. The van der Waals surface area contributed by atoms with E-state index in [1.165, 1.54) is 5.56 Å². The fraction of sp³-hybridized carbons (Fsp3) is 0.250. The van der Waals surface area contributed by atoms with Crippen LogP contribution in [-0.2, 0) is 6.61 Å². The van der Waals surface area contributed by atoms with Crippen LogP contribution >= 0.6 is 0 Å². The highest BCUT2D eigenvalue weighted by atomic mass is 16.7. The highest BCUT2D eigenvalue weighted by molar-refractivity contribution is 5.54. The first-order valence-electron chi connectivity index (χ1n) is 9.57. The molecular formula is C24H24O4. The van der Waals surface area contributed by atoms with Gasteiger partial charge in [0, 0.05) is 17.5 Å². The molecule has 144 valence electrons. The SMILES string of the molecule is CCOc1cc2c(cc1[C@@H](C)c1ccc(OCc3ccccc3)cc1)OCO2. The summed E-state index contributed by atoms with van der Waals surface area (Å²) in [4.78, 5) is 0. The second kappa shape index (κ2) is 8.26. The third kappa shape index (κ3) is 3.91. The molecule has 4 rings (SSSR count). The van der Waals surface area contributed by atoms with Crippen molar-refractivity contribution in [1.29, 1.82) is 0 Å². The molecule has 28 heavy (non-hydrogen) atoms. The van der Waals surface area contributed by atoms with E-state index in [9.17, 15) is 0 Å². The van der Waals surface area contributed by atoms with E-state index in [-0.39, 0.29) is 12.7 Å². The molecule has 1 aliphatic rings. The first-order valence-corrected chi connectivity index (χ1v) is 9.57. The van der Waals surface area contributed by atoms with Gasteiger partial charge in [-0.15, -0.1) is 0 Å². The monoisotopic (exact) mass is 376 g/mol.